The van der Waals surface area contributed by atoms with Gasteiger partial charge in [0.05, 0.1) is 5.60 Å². The number of anilines is 1. The SMILES string of the molecule is CCNc1ncc(CN(C)CC(C)(C)O)s1. The van der Waals surface area contributed by atoms with Crippen molar-refractivity contribution in [3.63, 3.8) is 0 Å². The van der Waals surface area contributed by atoms with Crippen molar-refractivity contribution in [1.82, 2.24) is 9.88 Å². The van der Waals surface area contributed by atoms with Crippen molar-refractivity contribution < 1.29 is 5.11 Å². The van der Waals surface area contributed by atoms with Crippen LogP contribution >= 0.6 is 11.3 Å². The molecule has 0 unspecified atom stereocenters. The number of hydrogen-bond acceptors (Lipinski definition) is 5. The van der Waals surface area contributed by atoms with Gasteiger partial charge in [-0.1, -0.05) is 0 Å². The summed E-state index contributed by atoms with van der Waals surface area (Å²) < 4.78 is 0. The van der Waals surface area contributed by atoms with Crippen molar-refractivity contribution in [3.05, 3.63) is 11.1 Å². The molecule has 0 fully saturated rings. The summed E-state index contributed by atoms with van der Waals surface area (Å²) in [5, 5.41) is 13.8. The fourth-order valence-corrected chi connectivity index (χ4v) is 2.56. The van der Waals surface area contributed by atoms with Gasteiger partial charge in [0.2, 0.25) is 0 Å². The Morgan fingerprint density at radius 1 is 1.56 bits per heavy atom. The van der Waals surface area contributed by atoms with Gasteiger partial charge in [0, 0.05) is 30.7 Å². The summed E-state index contributed by atoms with van der Waals surface area (Å²) >= 11 is 1.67. The number of rotatable bonds is 6. The van der Waals surface area contributed by atoms with Gasteiger partial charge in [-0.15, -0.1) is 11.3 Å². The van der Waals surface area contributed by atoms with E-state index in [1.165, 1.54) is 4.88 Å². The third-order valence-corrected chi connectivity index (χ3v) is 2.90. The van der Waals surface area contributed by atoms with Gasteiger partial charge in [0.25, 0.3) is 0 Å². The summed E-state index contributed by atoms with van der Waals surface area (Å²) in [6.07, 6.45) is 1.89. The van der Waals surface area contributed by atoms with E-state index < -0.39 is 5.60 Å². The van der Waals surface area contributed by atoms with E-state index in [-0.39, 0.29) is 0 Å². The lowest BCUT2D eigenvalue weighted by atomic mass is 10.1. The highest BCUT2D eigenvalue weighted by Gasteiger charge is 2.16. The first-order valence-electron chi connectivity index (χ1n) is 5.50. The molecule has 1 heterocycles. The van der Waals surface area contributed by atoms with Crippen LogP contribution in [-0.2, 0) is 6.54 Å². The molecular weight excluding hydrogens is 222 g/mol. The van der Waals surface area contributed by atoms with E-state index in [2.05, 4.69) is 22.1 Å². The Bertz CT molecular complexity index is 319. The summed E-state index contributed by atoms with van der Waals surface area (Å²) in [6, 6.07) is 0. The van der Waals surface area contributed by atoms with Crippen LogP contribution in [0.1, 0.15) is 25.6 Å². The van der Waals surface area contributed by atoms with Crippen LogP contribution in [0.4, 0.5) is 5.13 Å². The van der Waals surface area contributed by atoms with Crippen molar-refractivity contribution >= 4 is 16.5 Å². The molecule has 16 heavy (non-hydrogen) atoms. The van der Waals surface area contributed by atoms with Gasteiger partial charge in [-0.3, -0.25) is 4.90 Å². The zero-order valence-corrected chi connectivity index (χ0v) is 11.3. The minimum absolute atomic E-state index is 0.649. The van der Waals surface area contributed by atoms with Crippen molar-refractivity contribution in [2.45, 2.75) is 32.9 Å². The van der Waals surface area contributed by atoms with Crippen LogP contribution in [0.25, 0.3) is 0 Å². The Balaban J connectivity index is 2.46. The van der Waals surface area contributed by atoms with Crippen LogP contribution in [0, 0.1) is 0 Å². The third-order valence-electron chi connectivity index (χ3n) is 1.96. The lowest BCUT2D eigenvalue weighted by Gasteiger charge is -2.24. The number of thiazole rings is 1. The van der Waals surface area contributed by atoms with E-state index >= 15 is 0 Å². The zero-order valence-electron chi connectivity index (χ0n) is 10.4. The lowest BCUT2D eigenvalue weighted by Crippen LogP contribution is -2.35. The predicted octanol–water partition coefficient (Wildman–Crippen LogP) is 1.78. The monoisotopic (exact) mass is 243 g/mol. The van der Waals surface area contributed by atoms with Crippen molar-refractivity contribution in [3.8, 4) is 0 Å². The standard InChI is InChI=1S/C11H21N3OS/c1-5-12-10-13-6-9(16-10)7-14(4)8-11(2,3)15/h6,15H,5,7-8H2,1-4H3,(H,12,13). The summed E-state index contributed by atoms with van der Waals surface area (Å²) in [5.74, 6) is 0. The average Bonchev–Trinajstić information content (AvgIpc) is 2.49. The van der Waals surface area contributed by atoms with Crippen LogP contribution in [0.15, 0.2) is 6.20 Å². The van der Waals surface area contributed by atoms with Gasteiger partial charge in [-0.25, -0.2) is 4.98 Å². The number of likely N-dealkylation sites (N-methyl/N-ethyl adjacent to an activating group) is 1. The quantitative estimate of drug-likeness (QED) is 0.799. The molecule has 0 atom stereocenters. The number of aliphatic hydroxyl groups is 1. The number of aromatic nitrogens is 1. The zero-order chi connectivity index (χ0) is 12.2. The molecule has 4 nitrogen and oxygen atoms in total. The number of nitrogens with one attached hydrogen (secondary N) is 1. The van der Waals surface area contributed by atoms with Gasteiger partial charge in [0.1, 0.15) is 0 Å². The third kappa shape index (κ3) is 4.92. The molecule has 92 valence electrons. The summed E-state index contributed by atoms with van der Waals surface area (Å²) in [7, 11) is 2.00. The first-order chi connectivity index (χ1) is 7.40. The first-order valence-corrected chi connectivity index (χ1v) is 6.32. The highest BCUT2D eigenvalue weighted by Crippen LogP contribution is 2.19. The lowest BCUT2D eigenvalue weighted by molar-refractivity contribution is 0.0427. The molecule has 1 rings (SSSR count). The molecule has 0 saturated carbocycles. The van der Waals surface area contributed by atoms with E-state index in [0.717, 1.165) is 18.2 Å². The second kappa shape index (κ2) is 5.61. The smallest absolute Gasteiger partial charge is 0.182 e. The number of nitrogens with zero attached hydrogens (tertiary/aromatic N) is 2. The van der Waals surface area contributed by atoms with E-state index in [0.29, 0.717) is 6.54 Å². The maximum atomic E-state index is 9.69. The molecule has 0 bridgehead atoms. The summed E-state index contributed by atoms with van der Waals surface area (Å²) in [4.78, 5) is 7.58. The Morgan fingerprint density at radius 3 is 2.81 bits per heavy atom. The maximum Gasteiger partial charge on any atom is 0.182 e. The van der Waals surface area contributed by atoms with Gasteiger partial charge >= 0.3 is 0 Å². The fraction of sp³-hybridized carbons (Fsp3) is 0.727. The molecule has 0 aliphatic heterocycles. The molecule has 0 aliphatic carbocycles. The Hall–Kier alpha value is -0.650. The molecule has 0 radical (unpaired) electrons. The van der Waals surface area contributed by atoms with Crippen molar-refractivity contribution in [2.24, 2.45) is 0 Å². The van der Waals surface area contributed by atoms with E-state index in [4.69, 9.17) is 0 Å². The minimum Gasteiger partial charge on any atom is -0.389 e. The Labute approximate surface area is 101 Å². The molecule has 0 aromatic carbocycles. The molecule has 0 saturated heterocycles. The van der Waals surface area contributed by atoms with Gasteiger partial charge in [-0.2, -0.15) is 0 Å². The largest absolute Gasteiger partial charge is 0.389 e. The van der Waals surface area contributed by atoms with E-state index in [1.807, 2.05) is 27.1 Å². The molecule has 0 aliphatic rings. The van der Waals surface area contributed by atoms with Crippen molar-refractivity contribution in [1.29, 1.82) is 0 Å². The first kappa shape index (κ1) is 13.4. The topological polar surface area (TPSA) is 48.4 Å². The van der Waals surface area contributed by atoms with Gasteiger partial charge in [0.15, 0.2) is 5.13 Å². The highest BCUT2D eigenvalue weighted by atomic mass is 32.1. The second-order valence-corrected chi connectivity index (χ2v) is 5.76. The number of hydrogen-bond donors (Lipinski definition) is 2. The molecule has 1 aromatic rings. The molecule has 1 aromatic heterocycles. The summed E-state index contributed by atoms with van der Waals surface area (Å²) in [6.45, 7) is 8.07. The fourth-order valence-electron chi connectivity index (χ4n) is 1.60. The Kier molecular flexibility index (Phi) is 4.70. The average molecular weight is 243 g/mol. The predicted molar refractivity (Wildman–Crippen MR) is 68.9 cm³/mol. The Morgan fingerprint density at radius 2 is 2.25 bits per heavy atom. The van der Waals surface area contributed by atoms with Crippen LogP contribution in [0.3, 0.4) is 0 Å². The van der Waals surface area contributed by atoms with Crippen molar-refractivity contribution in [2.75, 3.05) is 25.5 Å². The molecular formula is C11H21N3OS. The van der Waals surface area contributed by atoms with Crippen LogP contribution in [-0.4, -0.2) is 40.7 Å². The van der Waals surface area contributed by atoms with Crippen LogP contribution < -0.4 is 5.32 Å². The highest BCUT2D eigenvalue weighted by molar-refractivity contribution is 7.15. The molecule has 5 heteroatoms. The summed E-state index contributed by atoms with van der Waals surface area (Å²) in [5.41, 5.74) is -0.649. The van der Waals surface area contributed by atoms with Crippen LogP contribution in [0.2, 0.25) is 0 Å². The minimum atomic E-state index is -0.649. The second-order valence-electron chi connectivity index (χ2n) is 4.65. The van der Waals surface area contributed by atoms with Crippen LogP contribution in [0.5, 0.6) is 0 Å². The van der Waals surface area contributed by atoms with Gasteiger partial charge in [-0.05, 0) is 27.8 Å². The van der Waals surface area contributed by atoms with E-state index in [9.17, 15) is 5.11 Å². The molecule has 0 amide bonds. The van der Waals surface area contributed by atoms with E-state index in [1.54, 1.807) is 11.3 Å². The normalized spacial score (nSPS) is 12.1. The maximum absolute atomic E-state index is 9.69. The molecule has 0 spiro atoms. The molecule has 2 N–H and O–H groups in total. The van der Waals surface area contributed by atoms with Gasteiger partial charge < -0.3 is 10.4 Å².